The van der Waals surface area contributed by atoms with E-state index >= 15 is 0 Å². The number of benzene rings is 1. The summed E-state index contributed by atoms with van der Waals surface area (Å²) < 4.78 is 2.74. The van der Waals surface area contributed by atoms with Crippen molar-refractivity contribution in [1.82, 2.24) is 24.7 Å². The molecular formula is C19H20N8OS. The first-order chi connectivity index (χ1) is 14.1. The average molecular weight is 408 g/mol. The molecular weight excluding hydrogens is 388 g/mol. The molecule has 10 heteroatoms. The smallest absolute Gasteiger partial charge is 0.196 e. The van der Waals surface area contributed by atoms with E-state index in [-0.39, 0.29) is 12.6 Å². The summed E-state index contributed by atoms with van der Waals surface area (Å²) >= 11 is 1.59. The molecule has 1 unspecified atom stereocenters. The molecule has 0 radical (unpaired) electrons. The van der Waals surface area contributed by atoms with E-state index in [2.05, 4.69) is 37.8 Å². The summed E-state index contributed by atoms with van der Waals surface area (Å²) in [6.07, 6.45) is 5.08. The van der Waals surface area contributed by atoms with Crippen molar-refractivity contribution < 1.29 is 5.11 Å². The van der Waals surface area contributed by atoms with E-state index < -0.39 is 0 Å². The Bertz CT molecular complexity index is 1150. The van der Waals surface area contributed by atoms with Crippen molar-refractivity contribution in [2.24, 2.45) is 10.8 Å². The van der Waals surface area contributed by atoms with Gasteiger partial charge in [0.15, 0.2) is 11.6 Å². The van der Waals surface area contributed by atoms with Gasteiger partial charge >= 0.3 is 0 Å². The van der Waals surface area contributed by atoms with E-state index in [0.717, 1.165) is 21.3 Å². The molecule has 3 aromatic heterocycles. The summed E-state index contributed by atoms with van der Waals surface area (Å²) in [4.78, 5) is 17.3. The van der Waals surface area contributed by atoms with Crippen LogP contribution in [0.1, 0.15) is 18.5 Å². The number of nitrogens with two attached hydrogens (primary N) is 1. The highest BCUT2D eigenvalue weighted by Gasteiger charge is 2.20. The Hall–Kier alpha value is -3.21. The van der Waals surface area contributed by atoms with Gasteiger partial charge in [-0.25, -0.2) is 25.8 Å². The third-order valence-corrected chi connectivity index (χ3v) is 5.43. The Kier molecular flexibility index (Phi) is 5.30. The standard InChI is InChI=1S/C19H20N8OS/c1-12(13-3-4-15-17(7-13)29-11-23-15)27(20)19-18(21-2)22-9-16(25-19)14-8-24-26(10-14)5-6-28/h3-4,7-12,28H,2,5-6,20H2,1H3. The summed E-state index contributed by atoms with van der Waals surface area (Å²) in [6.45, 7) is 5.99. The van der Waals surface area contributed by atoms with Gasteiger partial charge in [-0.1, -0.05) is 6.07 Å². The van der Waals surface area contributed by atoms with Crippen molar-refractivity contribution >= 4 is 39.9 Å². The normalized spacial score (nSPS) is 12.2. The van der Waals surface area contributed by atoms with Crippen LogP contribution in [0.4, 0.5) is 11.6 Å². The number of hydrogen-bond donors (Lipinski definition) is 2. The predicted molar refractivity (Wildman–Crippen MR) is 114 cm³/mol. The molecule has 0 spiro atoms. The lowest BCUT2D eigenvalue weighted by Crippen LogP contribution is -2.34. The van der Waals surface area contributed by atoms with Crippen LogP contribution in [0.25, 0.3) is 21.5 Å². The maximum absolute atomic E-state index is 9.07. The van der Waals surface area contributed by atoms with Crippen molar-refractivity contribution in [1.29, 1.82) is 0 Å². The maximum Gasteiger partial charge on any atom is 0.196 e. The molecule has 0 amide bonds. The van der Waals surface area contributed by atoms with Crippen LogP contribution >= 0.6 is 11.3 Å². The van der Waals surface area contributed by atoms with E-state index in [4.69, 9.17) is 10.9 Å². The number of aliphatic hydroxyl groups excluding tert-OH is 1. The van der Waals surface area contributed by atoms with Crippen LogP contribution in [0.3, 0.4) is 0 Å². The zero-order valence-electron chi connectivity index (χ0n) is 15.8. The molecule has 0 fully saturated rings. The van der Waals surface area contributed by atoms with Crippen molar-refractivity contribution in [3.05, 3.63) is 47.9 Å². The number of nitrogens with zero attached hydrogens (tertiary/aromatic N) is 7. The van der Waals surface area contributed by atoms with Crippen molar-refractivity contribution in [3.8, 4) is 11.3 Å². The second-order valence-electron chi connectivity index (χ2n) is 6.44. The lowest BCUT2D eigenvalue weighted by Gasteiger charge is -2.26. The fourth-order valence-corrected chi connectivity index (χ4v) is 3.72. The quantitative estimate of drug-likeness (QED) is 0.274. The van der Waals surface area contributed by atoms with Crippen LogP contribution < -0.4 is 10.9 Å². The minimum atomic E-state index is -0.177. The molecule has 0 bridgehead atoms. The number of aliphatic hydroxyl groups is 1. The number of aliphatic imine (C=N–C) groups is 1. The van der Waals surface area contributed by atoms with Crippen LogP contribution in [-0.2, 0) is 6.54 Å². The SMILES string of the molecule is C=Nc1ncc(-c2cnn(CCO)c2)nc1N(N)C(C)c1ccc2ncsc2c1. The molecule has 0 saturated heterocycles. The number of aromatic nitrogens is 5. The molecule has 0 aliphatic rings. The Morgan fingerprint density at radius 3 is 3.00 bits per heavy atom. The minimum absolute atomic E-state index is 0.00949. The van der Waals surface area contributed by atoms with Gasteiger partial charge in [-0.2, -0.15) is 5.10 Å². The lowest BCUT2D eigenvalue weighted by molar-refractivity contribution is 0.269. The predicted octanol–water partition coefficient (Wildman–Crippen LogP) is 2.72. The zero-order chi connectivity index (χ0) is 20.4. The van der Waals surface area contributed by atoms with Crippen molar-refractivity contribution in [2.75, 3.05) is 11.6 Å². The molecule has 0 aliphatic heterocycles. The van der Waals surface area contributed by atoms with Gasteiger partial charge in [-0.15, -0.1) is 11.3 Å². The molecule has 29 heavy (non-hydrogen) atoms. The van der Waals surface area contributed by atoms with E-state index in [9.17, 15) is 0 Å². The fraction of sp³-hybridized carbons (Fsp3) is 0.211. The van der Waals surface area contributed by atoms with Gasteiger partial charge < -0.3 is 5.11 Å². The number of thiazole rings is 1. The number of hydrogen-bond acceptors (Lipinski definition) is 9. The summed E-state index contributed by atoms with van der Waals surface area (Å²) in [5, 5.41) is 14.8. The third kappa shape index (κ3) is 3.73. The Balaban J connectivity index is 1.68. The molecule has 0 aliphatic carbocycles. The summed E-state index contributed by atoms with van der Waals surface area (Å²) in [5.74, 6) is 7.22. The van der Waals surface area contributed by atoms with Gasteiger partial charge in [0.2, 0.25) is 0 Å². The largest absolute Gasteiger partial charge is 0.394 e. The van der Waals surface area contributed by atoms with Crippen LogP contribution in [0.5, 0.6) is 0 Å². The topological polar surface area (TPSA) is 118 Å². The van der Waals surface area contributed by atoms with Gasteiger partial charge in [0.1, 0.15) is 0 Å². The van der Waals surface area contributed by atoms with E-state index in [1.54, 1.807) is 39.6 Å². The van der Waals surface area contributed by atoms with Crippen LogP contribution in [0.15, 0.2) is 47.3 Å². The number of anilines is 1. The second kappa shape index (κ2) is 8.03. The van der Waals surface area contributed by atoms with E-state index in [1.807, 2.05) is 24.6 Å². The highest BCUT2D eigenvalue weighted by atomic mass is 32.1. The summed E-state index contributed by atoms with van der Waals surface area (Å²) in [6, 6.07) is 5.89. The first-order valence-electron chi connectivity index (χ1n) is 8.95. The molecule has 1 aromatic carbocycles. The van der Waals surface area contributed by atoms with Crippen molar-refractivity contribution in [2.45, 2.75) is 19.5 Å². The summed E-state index contributed by atoms with van der Waals surface area (Å²) in [5.41, 5.74) is 5.20. The van der Waals surface area contributed by atoms with Gasteiger partial charge in [-0.05, 0) is 31.3 Å². The molecule has 0 saturated carbocycles. The van der Waals surface area contributed by atoms with Crippen molar-refractivity contribution in [3.63, 3.8) is 0 Å². The van der Waals surface area contributed by atoms with Gasteiger partial charge in [-0.3, -0.25) is 9.69 Å². The zero-order valence-corrected chi connectivity index (χ0v) is 16.6. The first-order valence-corrected chi connectivity index (χ1v) is 9.83. The highest BCUT2D eigenvalue weighted by Crippen LogP contribution is 2.32. The van der Waals surface area contributed by atoms with Crippen LogP contribution in [0, 0.1) is 0 Å². The average Bonchev–Trinajstić information content (AvgIpc) is 3.41. The maximum atomic E-state index is 9.07. The first kappa shape index (κ1) is 19.1. The highest BCUT2D eigenvalue weighted by molar-refractivity contribution is 7.16. The monoisotopic (exact) mass is 408 g/mol. The third-order valence-electron chi connectivity index (χ3n) is 4.64. The molecule has 1 atom stereocenters. The molecule has 9 nitrogen and oxygen atoms in total. The van der Waals surface area contributed by atoms with Gasteiger partial charge in [0.25, 0.3) is 0 Å². The summed E-state index contributed by atoms with van der Waals surface area (Å²) in [7, 11) is 0. The Morgan fingerprint density at radius 2 is 2.21 bits per heavy atom. The lowest BCUT2D eigenvalue weighted by atomic mass is 10.1. The number of fused-ring (bicyclic) bond motifs is 1. The molecule has 3 heterocycles. The number of hydrazine groups is 1. The molecule has 4 rings (SSSR count). The second-order valence-corrected chi connectivity index (χ2v) is 7.33. The molecule has 4 aromatic rings. The van der Waals surface area contributed by atoms with E-state index in [1.165, 1.54) is 0 Å². The fourth-order valence-electron chi connectivity index (χ4n) is 2.99. The number of rotatable bonds is 7. The molecule has 3 N–H and O–H groups in total. The van der Waals surface area contributed by atoms with Crippen LogP contribution in [-0.4, -0.2) is 43.2 Å². The van der Waals surface area contributed by atoms with Gasteiger partial charge in [0.05, 0.1) is 53.0 Å². The minimum Gasteiger partial charge on any atom is -0.394 e. The Labute approximate surface area is 171 Å². The van der Waals surface area contributed by atoms with Crippen LogP contribution in [0.2, 0.25) is 0 Å². The Morgan fingerprint density at radius 1 is 1.34 bits per heavy atom. The molecule has 148 valence electrons. The van der Waals surface area contributed by atoms with E-state index in [0.29, 0.717) is 23.9 Å². The van der Waals surface area contributed by atoms with Gasteiger partial charge in [0, 0.05) is 11.8 Å².